The first-order valence-electron chi connectivity index (χ1n) is 5.40. The second kappa shape index (κ2) is 5.38. The van der Waals surface area contributed by atoms with Crippen molar-refractivity contribution < 1.29 is 8.78 Å². The van der Waals surface area contributed by atoms with Crippen LogP contribution in [0, 0.1) is 11.6 Å². The van der Waals surface area contributed by atoms with Crippen LogP contribution in [-0.2, 0) is 6.42 Å². The highest BCUT2D eigenvalue weighted by Gasteiger charge is 2.16. The molecule has 0 aliphatic carbocycles. The minimum absolute atomic E-state index is 0.0101. The summed E-state index contributed by atoms with van der Waals surface area (Å²) in [5.74, 6) is -1.13. The molecule has 0 saturated heterocycles. The van der Waals surface area contributed by atoms with Crippen molar-refractivity contribution in [1.29, 1.82) is 0 Å². The molecule has 90 valence electrons. The number of nitrogens with two attached hydrogens (primary N) is 1. The van der Waals surface area contributed by atoms with Gasteiger partial charge in [-0.25, -0.2) is 8.78 Å². The Kier molecular flexibility index (Phi) is 3.86. The van der Waals surface area contributed by atoms with E-state index in [0.717, 1.165) is 6.42 Å². The smallest absolute Gasteiger partial charge is 0.130 e. The van der Waals surface area contributed by atoms with Crippen molar-refractivity contribution in [3.63, 3.8) is 0 Å². The van der Waals surface area contributed by atoms with Gasteiger partial charge in [0.2, 0.25) is 0 Å². The van der Waals surface area contributed by atoms with Crippen LogP contribution in [0.5, 0.6) is 0 Å². The van der Waals surface area contributed by atoms with E-state index in [1.165, 1.54) is 23.1 Å². The molecule has 0 fully saturated rings. The Bertz CT molecular complexity index is 462. The third-order valence-corrected chi connectivity index (χ3v) is 3.59. The molecule has 0 amide bonds. The summed E-state index contributed by atoms with van der Waals surface area (Å²) in [6.07, 6.45) is 1.28. The second-order valence-electron chi connectivity index (χ2n) is 3.86. The zero-order valence-electron chi connectivity index (χ0n) is 9.20. The van der Waals surface area contributed by atoms with Crippen molar-refractivity contribution in [2.45, 2.75) is 18.9 Å². The number of halogens is 2. The highest BCUT2D eigenvalue weighted by atomic mass is 32.1. The summed E-state index contributed by atoms with van der Waals surface area (Å²) in [4.78, 5) is 1.18. The zero-order valence-corrected chi connectivity index (χ0v) is 10.0. The van der Waals surface area contributed by atoms with Gasteiger partial charge in [-0.05, 0) is 36.4 Å². The molecule has 1 heterocycles. The Hall–Kier alpha value is -1.26. The molecule has 1 nitrogen and oxygen atoms in total. The summed E-state index contributed by atoms with van der Waals surface area (Å²) in [5, 5.41) is 1.98. The molecular weight excluding hydrogens is 240 g/mol. The van der Waals surface area contributed by atoms with Crippen molar-refractivity contribution in [3.8, 4) is 0 Å². The first-order valence-corrected chi connectivity index (χ1v) is 6.28. The molecule has 0 aliphatic heterocycles. The third kappa shape index (κ3) is 2.90. The molecule has 1 aromatic heterocycles. The van der Waals surface area contributed by atoms with E-state index in [2.05, 4.69) is 0 Å². The van der Waals surface area contributed by atoms with Gasteiger partial charge in [-0.2, -0.15) is 0 Å². The average Bonchev–Trinajstić information content (AvgIpc) is 2.79. The van der Waals surface area contributed by atoms with E-state index < -0.39 is 17.7 Å². The van der Waals surface area contributed by atoms with E-state index in [1.807, 2.05) is 17.5 Å². The molecule has 0 aliphatic rings. The first-order chi connectivity index (χ1) is 8.18. The maximum atomic E-state index is 13.4. The SMILES string of the molecule is NC(CCc1cccs1)c1c(F)cccc1F. The standard InChI is InChI=1S/C13H13F2NS/c14-10-4-1-5-11(15)13(10)12(16)7-6-9-3-2-8-17-9/h1-5,8,12H,6-7,16H2. The molecule has 17 heavy (non-hydrogen) atoms. The van der Waals surface area contributed by atoms with Crippen LogP contribution in [0.1, 0.15) is 22.9 Å². The highest BCUT2D eigenvalue weighted by molar-refractivity contribution is 7.09. The van der Waals surface area contributed by atoms with Gasteiger partial charge in [0.1, 0.15) is 11.6 Å². The maximum Gasteiger partial charge on any atom is 0.130 e. The number of thiophene rings is 1. The van der Waals surface area contributed by atoms with Crippen LogP contribution in [0.3, 0.4) is 0 Å². The predicted molar refractivity (Wildman–Crippen MR) is 65.9 cm³/mol. The van der Waals surface area contributed by atoms with E-state index in [4.69, 9.17) is 5.73 Å². The van der Waals surface area contributed by atoms with Crippen LogP contribution >= 0.6 is 11.3 Å². The van der Waals surface area contributed by atoms with Crippen molar-refractivity contribution in [2.75, 3.05) is 0 Å². The summed E-state index contributed by atoms with van der Waals surface area (Å²) >= 11 is 1.63. The molecule has 2 rings (SSSR count). The van der Waals surface area contributed by atoms with Crippen LogP contribution in [0.25, 0.3) is 0 Å². The fourth-order valence-electron chi connectivity index (χ4n) is 1.76. The van der Waals surface area contributed by atoms with Gasteiger partial charge < -0.3 is 5.73 Å². The summed E-state index contributed by atoms with van der Waals surface area (Å²) < 4.78 is 26.9. The summed E-state index contributed by atoms with van der Waals surface area (Å²) in [6.45, 7) is 0. The highest BCUT2D eigenvalue weighted by Crippen LogP contribution is 2.23. The van der Waals surface area contributed by atoms with Gasteiger partial charge >= 0.3 is 0 Å². The van der Waals surface area contributed by atoms with Crippen molar-refractivity contribution >= 4 is 11.3 Å². The summed E-state index contributed by atoms with van der Waals surface area (Å²) in [5.41, 5.74) is 5.83. The van der Waals surface area contributed by atoms with E-state index in [-0.39, 0.29) is 5.56 Å². The van der Waals surface area contributed by atoms with Crippen LogP contribution in [0.15, 0.2) is 35.7 Å². The Morgan fingerprint density at radius 1 is 1.12 bits per heavy atom. The molecule has 1 aromatic carbocycles. The normalized spacial score (nSPS) is 12.6. The summed E-state index contributed by atoms with van der Waals surface area (Å²) in [6, 6.07) is 7.18. The van der Waals surface area contributed by atoms with Gasteiger partial charge in [-0.3, -0.25) is 0 Å². The quantitative estimate of drug-likeness (QED) is 0.884. The molecule has 4 heteroatoms. The molecule has 1 atom stereocenters. The maximum absolute atomic E-state index is 13.4. The largest absolute Gasteiger partial charge is 0.324 e. The Balaban J connectivity index is 2.07. The molecule has 2 N–H and O–H groups in total. The van der Waals surface area contributed by atoms with E-state index in [1.54, 1.807) is 11.3 Å². The number of hydrogen-bond acceptors (Lipinski definition) is 2. The molecule has 0 bridgehead atoms. The first kappa shape index (κ1) is 12.2. The van der Waals surface area contributed by atoms with Crippen molar-refractivity contribution in [2.24, 2.45) is 5.73 Å². The van der Waals surface area contributed by atoms with Gasteiger partial charge in [0, 0.05) is 16.5 Å². The second-order valence-corrected chi connectivity index (χ2v) is 4.89. The Morgan fingerprint density at radius 3 is 2.41 bits per heavy atom. The van der Waals surface area contributed by atoms with Crippen LogP contribution in [-0.4, -0.2) is 0 Å². The number of rotatable bonds is 4. The minimum Gasteiger partial charge on any atom is -0.324 e. The lowest BCUT2D eigenvalue weighted by molar-refractivity contribution is 0.513. The van der Waals surface area contributed by atoms with Crippen molar-refractivity contribution in [3.05, 3.63) is 57.8 Å². The molecule has 0 saturated carbocycles. The fraction of sp³-hybridized carbons (Fsp3) is 0.231. The Morgan fingerprint density at radius 2 is 1.82 bits per heavy atom. The minimum atomic E-state index is -0.599. The van der Waals surface area contributed by atoms with Crippen LogP contribution < -0.4 is 5.73 Å². The van der Waals surface area contributed by atoms with Gasteiger partial charge in [-0.1, -0.05) is 12.1 Å². The molecule has 2 aromatic rings. The fourth-order valence-corrected chi connectivity index (χ4v) is 2.49. The lowest BCUT2D eigenvalue weighted by Gasteiger charge is -2.13. The number of hydrogen-bond donors (Lipinski definition) is 1. The number of benzene rings is 1. The summed E-state index contributed by atoms with van der Waals surface area (Å²) in [7, 11) is 0. The topological polar surface area (TPSA) is 26.0 Å². The van der Waals surface area contributed by atoms with Gasteiger partial charge in [0.25, 0.3) is 0 Å². The predicted octanol–water partition coefficient (Wildman–Crippen LogP) is 3.66. The lowest BCUT2D eigenvalue weighted by atomic mass is 10.0. The van der Waals surface area contributed by atoms with E-state index in [9.17, 15) is 8.78 Å². The zero-order chi connectivity index (χ0) is 12.3. The van der Waals surface area contributed by atoms with Gasteiger partial charge in [-0.15, -0.1) is 11.3 Å². The molecule has 1 unspecified atom stereocenters. The van der Waals surface area contributed by atoms with Crippen LogP contribution in [0.2, 0.25) is 0 Å². The van der Waals surface area contributed by atoms with Gasteiger partial charge in [0.05, 0.1) is 0 Å². The van der Waals surface area contributed by atoms with E-state index in [0.29, 0.717) is 6.42 Å². The van der Waals surface area contributed by atoms with Crippen LogP contribution in [0.4, 0.5) is 8.78 Å². The van der Waals surface area contributed by atoms with Gasteiger partial charge in [0.15, 0.2) is 0 Å². The third-order valence-electron chi connectivity index (χ3n) is 2.65. The molecule has 0 radical (unpaired) electrons. The average molecular weight is 253 g/mol. The van der Waals surface area contributed by atoms with E-state index >= 15 is 0 Å². The Labute approximate surface area is 103 Å². The molecule has 0 spiro atoms. The van der Waals surface area contributed by atoms with Crippen molar-refractivity contribution in [1.82, 2.24) is 0 Å². The lowest BCUT2D eigenvalue weighted by Crippen LogP contribution is -2.15. The number of aryl methyl sites for hydroxylation is 1. The molecular formula is C13H13F2NS. The monoisotopic (exact) mass is 253 g/mol.